The Morgan fingerprint density at radius 3 is 1.21 bits per heavy atom. The molecule has 250 valence electrons. The maximum Gasteiger partial charge on any atom is 0.0991 e. The first-order valence-electron chi connectivity index (χ1n) is 17.7. The first kappa shape index (κ1) is 31.6. The molecule has 0 spiro atoms. The zero-order chi connectivity index (χ0) is 35.6. The predicted octanol–water partition coefficient (Wildman–Crippen LogP) is 13.3. The molecular formula is C49H34N4. The van der Waals surface area contributed by atoms with Crippen LogP contribution in [-0.4, -0.2) is 4.57 Å². The summed E-state index contributed by atoms with van der Waals surface area (Å²) in [6.07, 6.45) is 0. The van der Waals surface area contributed by atoms with Crippen molar-refractivity contribution < 1.29 is 0 Å². The van der Waals surface area contributed by atoms with Crippen molar-refractivity contribution in [3.05, 3.63) is 212 Å². The normalized spacial score (nSPS) is 11.0. The van der Waals surface area contributed by atoms with E-state index in [0.29, 0.717) is 5.56 Å². The molecule has 1 heterocycles. The van der Waals surface area contributed by atoms with Crippen LogP contribution in [0.15, 0.2) is 206 Å². The highest BCUT2D eigenvalue weighted by molar-refractivity contribution is 6.12. The van der Waals surface area contributed by atoms with Gasteiger partial charge in [0, 0.05) is 50.6 Å². The van der Waals surface area contributed by atoms with E-state index in [1.807, 2.05) is 18.2 Å². The molecule has 0 aliphatic rings. The standard InChI is InChI=1S/C49H34N4/c50-35-36-14-13-15-38(32-36)37-24-26-43(27-25-37)53-48-30-28-44(51(39-16-5-1-6-17-39)40-18-7-2-8-19-40)33-46(48)47-34-45(29-31-49(47)53)52(41-20-9-3-10-21-41)42-22-11-4-12-23-42/h1-34H. The van der Waals surface area contributed by atoms with E-state index in [4.69, 9.17) is 0 Å². The lowest BCUT2D eigenvalue weighted by Crippen LogP contribution is -2.09. The number of hydrogen-bond donors (Lipinski definition) is 0. The second-order valence-corrected chi connectivity index (χ2v) is 13.0. The van der Waals surface area contributed by atoms with Crippen LogP contribution < -0.4 is 9.80 Å². The van der Waals surface area contributed by atoms with Crippen LogP contribution in [0.25, 0.3) is 38.6 Å². The largest absolute Gasteiger partial charge is 0.310 e. The fourth-order valence-corrected chi connectivity index (χ4v) is 7.33. The summed E-state index contributed by atoms with van der Waals surface area (Å²) < 4.78 is 2.36. The maximum atomic E-state index is 9.49. The minimum Gasteiger partial charge on any atom is -0.310 e. The number of fused-ring (bicyclic) bond motifs is 3. The number of benzene rings is 8. The summed E-state index contributed by atoms with van der Waals surface area (Å²) in [6.45, 7) is 0. The van der Waals surface area contributed by atoms with E-state index < -0.39 is 0 Å². The van der Waals surface area contributed by atoms with Crippen LogP contribution in [0.1, 0.15) is 5.56 Å². The molecule has 1 aromatic heterocycles. The van der Waals surface area contributed by atoms with Crippen LogP contribution in [0.4, 0.5) is 34.1 Å². The summed E-state index contributed by atoms with van der Waals surface area (Å²) in [5, 5.41) is 11.8. The van der Waals surface area contributed by atoms with E-state index in [1.54, 1.807) is 0 Å². The van der Waals surface area contributed by atoms with Crippen LogP contribution in [-0.2, 0) is 0 Å². The number of anilines is 6. The van der Waals surface area contributed by atoms with Crippen molar-refractivity contribution in [1.82, 2.24) is 4.57 Å². The number of hydrogen-bond acceptors (Lipinski definition) is 3. The Morgan fingerprint density at radius 2 is 0.792 bits per heavy atom. The van der Waals surface area contributed by atoms with Gasteiger partial charge in [0.2, 0.25) is 0 Å². The predicted molar refractivity (Wildman–Crippen MR) is 220 cm³/mol. The van der Waals surface area contributed by atoms with Gasteiger partial charge in [0.05, 0.1) is 22.7 Å². The molecule has 0 saturated carbocycles. The smallest absolute Gasteiger partial charge is 0.0991 e. The number of aromatic nitrogens is 1. The average Bonchev–Trinajstić information content (AvgIpc) is 3.56. The summed E-state index contributed by atoms with van der Waals surface area (Å²) in [5.74, 6) is 0. The summed E-state index contributed by atoms with van der Waals surface area (Å²) in [6, 6.07) is 74.5. The first-order valence-corrected chi connectivity index (χ1v) is 17.7. The van der Waals surface area contributed by atoms with Crippen LogP contribution >= 0.6 is 0 Å². The van der Waals surface area contributed by atoms with Gasteiger partial charge in [-0.25, -0.2) is 0 Å². The lowest BCUT2D eigenvalue weighted by Gasteiger charge is -2.26. The van der Waals surface area contributed by atoms with Gasteiger partial charge in [-0.2, -0.15) is 5.26 Å². The number of nitriles is 1. The molecule has 9 aromatic rings. The van der Waals surface area contributed by atoms with Crippen LogP contribution in [0.2, 0.25) is 0 Å². The molecule has 0 radical (unpaired) electrons. The molecule has 0 bridgehead atoms. The van der Waals surface area contributed by atoms with Gasteiger partial charge in [-0.05, 0) is 120 Å². The van der Waals surface area contributed by atoms with Gasteiger partial charge < -0.3 is 14.4 Å². The van der Waals surface area contributed by atoms with Gasteiger partial charge in [0.25, 0.3) is 0 Å². The molecule has 0 aliphatic carbocycles. The van der Waals surface area contributed by atoms with Gasteiger partial charge >= 0.3 is 0 Å². The quantitative estimate of drug-likeness (QED) is 0.160. The maximum absolute atomic E-state index is 9.49. The molecule has 0 aliphatic heterocycles. The summed E-state index contributed by atoms with van der Waals surface area (Å²) >= 11 is 0. The molecule has 4 heteroatoms. The highest BCUT2D eigenvalue weighted by Crippen LogP contribution is 2.42. The minimum absolute atomic E-state index is 0.653. The number of para-hydroxylation sites is 4. The number of rotatable bonds is 8. The molecule has 0 fully saturated rings. The van der Waals surface area contributed by atoms with Crippen molar-refractivity contribution in [1.29, 1.82) is 5.26 Å². The van der Waals surface area contributed by atoms with Gasteiger partial charge in [0.1, 0.15) is 0 Å². The molecular weight excluding hydrogens is 645 g/mol. The van der Waals surface area contributed by atoms with E-state index >= 15 is 0 Å². The highest BCUT2D eigenvalue weighted by atomic mass is 15.1. The highest BCUT2D eigenvalue weighted by Gasteiger charge is 2.20. The van der Waals surface area contributed by atoms with Crippen molar-refractivity contribution in [3.8, 4) is 22.9 Å². The SMILES string of the molecule is N#Cc1cccc(-c2ccc(-n3c4ccc(N(c5ccccc5)c5ccccc5)cc4c4cc(N(c5ccccc5)c5ccccc5)ccc43)cc2)c1. The average molecular weight is 679 g/mol. The Balaban J connectivity index is 1.27. The zero-order valence-electron chi connectivity index (χ0n) is 28.9. The molecule has 0 amide bonds. The Morgan fingerprint density at radius 1 is 0.358 bits per heavy atom. The molecule has 0 saturated heterocycles. The van der Waals surface area contributed by atoms with Crippen LogP contribution in [0.5, 0.6) is 0 Å². The zero-order valence-corrected chi connectivity index (χ0v) is 28.9. The molecule has 53 heavy (non-hydrogen) atoms. The summed E-state index contributed by atoms with van der Waals surface area (Å²) in [5.41, 5.74) is 12.6. The van der Waals surface area contributed by atoms with Gasteiger partial charge in [-0.15, -0.1) is 0 Å². The molecule has 0 atom stereocenters. The van der Waals surface area contributed by atoms with Crippen molar-refractivity contribution in [2.45, 2.75) is 0 Å². The van der Waals surface area contributed by atoms with Gasteiger partial charge in [0.15, 0.2) is 0 Å². The Hall–Kier alpha value is -7.35. The third-order valence-corrected chi connectivity index (χ3v) is 9.76. The van der Waals surface area contributed by atoms with E-state index in [2.05, 4.69) is 208 Å². The topological polar surface area (TPSA) is 35.2 Å². The van der Waals surface area contributed by atoms with E-state index in [9.17, 15) is 5.26 Å². The third-order valence-electron chi connectivity index (χ3n) is 9.76. The van der Waals surface area contributed by atoms with E-state index in [-0.39, 0.29) is 0 Å². The van der Waals surface area contributed by atoms with Gasteiger partial charge in [-0.1, -0.05) is 97.1 Å². The molecule has 4 nitrogen and oxygen atoms in total. The second kappa shape index (κ2) is 13.8. The van der Waals surface area contributed by atoms with Crippen LogP contribution in [0.3, 0.4) is 0 Å². The molecule has 8 aromatic carbocycles. The van der Waals surface area contributed by atoms with Crippen LogP contribution in [0, 0.1) is 11.3 Å². The fraction of sp³-hybridized carbons (Fsp3) is 0. The van der Waals surface area contributed by atoms with Crippen molar-refractivity contribution in [3.63, 3.8) is 0 Å². The monoisotopic (exact) mass is 678 g/mol. The summed E-state index contributed by atoms with van der Waals surface area (Å²) in [4.78, 5) is 4.63. The Kier molecular flexibility index (Phi) is 8.20. The molecule has 0 unspecified atom stereocenters. The molecule has 9 rings (SSSR count). The Labute approximate surface area is 309 Å². The lowest BCUT2D eigenvalue weighted by molar-refractivity contribution is 1.18. The van der Waals surface area contributed by atoms with Crippen molar-refractivity contribution in [2.24, 2.45) is 0 Å². The second-order valence-electron chi connectivity index (χ2n) is 13.0. The van der Waals surface area contributed by atoms with E-state index in [0.717, 1.165) is 72.7 Å². The van der Waals surface area contributed by atoms with Crippen molar-refractivity contribution in [2.75, 3.05) is 9.80 Å². The lowest BCUT2D eigenvalue weighted by atomic mass is 10.0. The number of nitrogens with zero attached hydrogens (tertiary/aromatic N) is 4. The first-order chi connectivity index (χ1) is 26.2. The molecule has 0 N–H and O–H groups in total. The fourth-order valence-electron chi connectivity index (χ4n) is 7.33. The van der Waals surface area contributed by atoms with Gasteiger partial charge in [-0.3, -0.25) is 0 Å². The summed E-state index contributed by atoms with van der Waals surface area (Å²) in [7, 11) is 0. The third kappa shape index (κ3) is 5.97. The van der Waals surface area contributed by atoms with Crippen molar-refractivity contribution >= 4 is 55.9 Å². The minimum atomic E-state index is 0.653. The Bertz CT molecular complexity index is 2490. The van der Waals surface area contributed by atoms with E-state index in [1.165, 1.54) is 0 Å².